The average molecular weight is 423 g/mol. The van der Waals surface area contributed by atoms with Crippen molar-refractivity contribution in [3.63, 3.8) is 0 Å². The molecule has 160 valence electrons. The second kappa shape index (κ2) is 9.17. The van der Waals surface area contributed by atoms with E-state index in [-0.39, 0.29) is 18.1 Å². The lowest BCUT2D eigenvalue weighted by Crippen LogP contribution is -2.25. The lowest BCUT2D eigenvalue weighted by atomic mass is 10.2. The minimum atomic E-state index is -4.22. The Bertz CT molecular complexity index is 882. The monoisotopic (exact) mass is 422 g/mol. The predicted octanol–water partition coefficient (Wildman–Crippen LogP) is 1.98. The molecule has 2 aliphatic rings. The van der Waals surface area contributed by atoms with Crippen LogP contribution in [0.3, 0.4) is 0 Å². The highest BCUT2D eigenvalue weighted by atomic mass is 32.2. The molecule has 0 aliphatic carbocycles. The van der Waals surface area contributed by atoms with Gasteiger partial charge in [-0.2, -0.15) is 8.42 Å². The van der Waals surface area contributed by atoms with Crippen molar-refractivity contribution in [2.24, 2.45) is 0 Å². The van der Waals surface area contributed by atoms with Gasteiger partial charge < -0.3 is 24.1 Å². The molecule has 1 aromatic carbocycles. The average Bonchev–Trinajstić information content (AvgIpc) is 3.17. The number of benzene rings is 1. The smallest absolute Gasteiger partial charge is 0.297 e. The van der Waals surface area contributed by atoms with Crippen LogP contribution >= 0.6 is 0 Å². The van der Waals surface area contributed by atoms with Gasteiger partial charge in [-0.3, -0.25) is 4.18 Å². The third-order valence-electron chi connectivity index (χ3n) is 3.76. The first-order valence-electron chi connectivity index (χ1n) is 10.7. The van der Waals surface area contributed by atoms with Crippen LogP contribution in [-0.4, -0.2) is 63.6 Å². The maximum Gasteiger partial charge on any atom is 0.297 e. The van der Waals surface area contributed by atoms with Crippen molar-refractivity contribution in [3.8, 4) is 0 Å². The van der Waals surface area contributed by atoms with Gasteiger partial charge in [-0.15, -0.1) is 0 Å². The number of ether oxygens (including phenoxy) is 4. The van der Waals surface area contributed by atoms with Crippen LogP contribution in [0.2, 0.25) is 0 Å². The van der Waals surface area contributed by atoms with Crippen molar-refractivity contribution in [1.29, 1.82) is 0 Å². The van der Waals surface area contributed by atoms with Crippen LogP contribution in [0.1, 0.15) is 38.7 Å². The topological polar surface area (TPSA) is 101 Å². The Balaban J connectivity index is 0.000000278. The molecular weight excluding hydrogens is 388 g/mol. The first kappa shape index (κ1) is 17.8. The van der Waals surface area contributed by atoms with Crippen LogP contribution in [0.25, 0.3) is 0 Å². The maximum atomic E-state index is 12.1. The highest BCUT2D eigenvalue weighted by Crippen LogP contribution is 2.23. The molecule has 0 aromatic heterocycles. The van der Waals surface area contributed by atoms with Crippen LogP contribution in [0.5, 0.6) is 0 Å². The minimum absolute atomic E-state index is 0.0799. The SMILES string of the molecule is [2H]C([2H])(O)C1COC(C)(C)O1.[2H]C([2H])(OS(=O)(=O)c1ccc(C)cc1)C1COC(C)(C)O1. The van der Waals surface area contributed by atoms with Gasteiger partial charge in [-0.1, -0.05) is 17.7 Å². The first-order valence-corrected chi connectivity index (χ1v) is 10.1. The molecule has 2 unspecified atom stereocenters. The van der Waals surface area contributed by atoms with E-state index in [9.17, 15) is 8.42 Å². The fourth-order valence-corrected chi connectivity index (χ4v) is 3.17. The molecule has 2 saturated heterocycles. The molecule has 2 atom stereocenters. The summed E-state index contributed by atoms with van der Waals surface area (Å²) in [6.45, 7) is 3.61. The Hall–Kier alpha value is -1.07. The Morgan fingerprint density at radius 3 is 1.96 bits per heavy atom. The fraction of sp³-hybridized carbons (Fsp3) is 0.684. The molecule has 0 saturated carbocycles. The molecule has 9 heteroatoms. The second-order valence-corrected chi connectivity index (χ2v) is 8.78. The fourth-order valence-electron chi connectivity index (χ4n) is 2.37. The molecule has 2 heterocycles. The summed E-state index contributed by atoms with van der Waals surface area (Å²) >= 11 is 0. The summed E-state index contributed by atoms with van der Waals surface area (Å²) in [6.07, 6.45) is -2.00. The molecule has 28 heavy (non-hydrogen) atoms. The van der Waals surface area contributed by atoms with Crippen LogP contribution in [0, 0.1) is 6.92 Å². The maximum absolute atomic E-state index is 12.1. The van der Waals surface area contributed by atoms with E-state index in [1.807, 2.05) is 6.92 Å². The minimum Gasteiger partial charge on any atom is -0.394 e. The third-order valence-corrected chi connectivity index (χ3v) is 4.92. The van der Waals surface area contributed by atoms with E-state index >= 15 is 0 Å². The van der Waals surface area contributed by atoms with Crippen LogP contribution in [0.4, 0.5) is 0 Å². The zero-order valence-electron chi connectivity index (χ0n) is 20.6. The summed E-state index contributed by atoms with van der Waals surface area (Å²) < 4.78 is 79.1. The lowest BCUT2D eigenvalue weighted by Gasteiger charge is -2.16. The molecular formula is C19H30O8S. The highest BCUT2D eigenvalue weighted by Gasteiger charge is 2.34. The number of hydrogen-bond donors (Lipinski definition) is 1. The van der Waals surface area contributed by atoms with E-state index in [2.05, 4.69) is 0 Å². The molecule has 2 aliphatic heterocycles. The summed E-state index contributed by atoms with van der Waals surface area (Å²) in [7, 11) is -4.22. The van der Waals surface area contributed by atoms with E-state index < -0.39 is 47.0 Å². The Morgan fingerprint density at radius 2 is 1.57 bits per heavy atom. The van der Waals surface area contributed by atoms with E-state index in [0.29, 0.717) is 0 Å². The van der Waals surface area contributed by atoms with Crippen molar-refractivity contribution in [2.75, 3.05) is 26.3 Å². The summed E-state index contributed by atoms with van der Waals surface area (Å²) in [4.78, 5) is -0.102. The van der Waals surface area contributed by atoms with Crippen molar-refractivity contribution in [3.05, 3.63) is 29.8 Å². The Kier molecular flexibility index (Phi) is 5.81. The van der Waals surface area contributed by atoms with Crippen molar-refractivity contribution < 1.29 is 42.1 Å². The summed E-state index contributed by atoms with van der Waals surface area (Å²) in [5.74, 6) is -1.74. The summed E-state index contributed by atoms with van der Waals surface area (Å²) in [5, 5.41) is 8.88. The zero-order chi connectivity index (χ0) is 24.6. The highest BCUT2D eigenvalue weighted by molar-refractivity contribution is 7.86. The van der Waals surface area contributed by atoms with Crippen LogP contribution < -0.4 is 0 Å². The molecule has 8 nitrogen and oxygen atoms in total. The van der Waals surface area contributed by atoms with Gasteiger partial charge in [0, 0.05) is 0 Å². The largest absolute Gasteiger partial charge is 0.394 e. The molecule has 0 bridgehead atoms. The van der Waals surface area contributed by atoms with Gasteiger partial charge in [0.2, 0.25) is 0 Å². The van der Waals surface area contributed by atoms with Crippen LogP contribution in [-0.2, 0) is 33.2 Å². The van der Waals surface area contributed by atoms with Gasteiger partial charge in [0.15, 0.2) is 11.6 Å². The van der Waals surface area contributed by atoms with Crippen molar-refractivity contribution in [2.45, 2.75) is 63.3 Å². The Morgan fingerprint density at radius 1 is 1.07 bits per heavy atom. The van der Waals surface area contributed by atoms with Gasteiger partial charge in [0.25, 0.3) is 10.1 Å². The lowest BCUT2D eigenvalue weighted by molar-refractivity contribution is -0.142. The van der Waals surface area contributed by atoms with E-state index in [1.54, 1.807) is 39.8 Å². The van der Waals surface area contributed by atoms with Gasteiger partial charge in [-0.25, -0.2) is 0 Å². The molecule has 3 rings (SSSR count). The van der Waals surface area contributed by atoms with E-state index in [4.69, 9.17) is 33.7 Å². The summed E-state index contributed by atoms with van der Waals surface area (Å²) in [5.41, 5.74) is 0.895. The summed E-state index contributed by atoms with van der Waals surface area (Å²) in [6, 6.07) is 5.97. The molecule has 1 aromatic rings. The van der Waals surface area contributed by atoms with Gasteiger partial charge in [0.1, 0.15) is 12.2 Å². The first-order chi connectivity index (χ1) is 14.3. The van der Waals surface area contributed by atoms with E-state index in [1.165, 1.54) is 12.1 Å². The molecule has 2 fully saturated rings. The third kappa shape index (κ3) is 7.07. The molecule has 1 N–H and O–H groups in total. The predicted molar refractivity (Wildman–Crippen MR) is 101 cm³/mol. The zero-order valence-corrected chi connectivity index (χ0v) is 17.4. The van der Waals surface area contributed by atoms with Gasteiger partial charge >= 0.3 is 0 Å². The van der Waals surface area contributed by atoms with E-state index in [0.717, 1.165) is 5.56 Å². The molecule has 0 amide bonds. The normalized spacial score (nSPS) is 29.1. The van der Waals surface area contributed by atoms with Crippen molar-refractivity contribution in [1.82, 2.24) is 0 Å². The molecule has 0 spiro atoms. The number of aryl methyl sites for hydroxylation is 1. The van der Waals surface area contributed by atoms with Crippen molar-refractivity contribution >= 4 is 10.1 Å². The standard InChI is InChI=1S/C13H18O5S.C6H12O3/c1-10-4-6-12(7-5-10)19(14,15)17-9-11-8-16-13(2,3)18-11;1-6(2)8-4-5(3-7)9-6/h4-7,11H,8-9H2,1-3H3;5,7H,3-4H2,1-2H3/i9D2;3D2. The number of aliphatic hydroxyl groups is 1. The number of rotatable bonds is 5. The van der Waals surface area contributed by atoms with Crippen LogP contribution in [0.15, 0.2) is 29.2 Å². The quantitative estimate of drug-likeness (QED) is 0.719. The Labute approximate surface area is 172 Å². The van der Waals surface area contributed by atoms with Gasteiger partial charge in [0.05, 0.1) is 36.7 Å². The number of hydrogen-bond acceptors (Lipinski definition) is 8. The molecule has 0 radical (unpaired) electrons. The second-order valence-electron chi connectivity index (χ2n) is 7.23. The van der Waals surface area contributed by atoms with Gasteiger partial charge in [-0.05, 0) is 46.8 Å².